The van der Waals surface area contributed by atoms with Crippen molar-refractivity contribution in [2.75, 3.05) is 11.9 Å². The Hall–Kier alpha value is -1.23. The van der Waals surface area contributed by atoms with Gasteiger partial charge in [0.25, 0.3) is 0 Å². The summed E-state index contributed by atoms with van der Waals surface area (Å²) in [7, 11) is 0. The van der Waals surface area contributed by atoms with E-state index in [4.69, 9.17) is 9.84 Å². The van der Waals surface area contributed by atoms with Crippen LogP contribution in [0.3, 0.4) is 0 Å². The fraction of sp³-hybridized carbons (Fsp3) is 0.222. The Balaban J connectivity index is 2.83. The van der Waals surface area contributed by atoms with Crippen molar-refractivity contribution in [3.8, 4) is 11.5 Å². The summed E-state index contributed by atoms with van der Waals surface area (Å²) in [6.07, 6.45) is 0. The minimum atomic E-state index is -0.655. The Morgan fingerprint density at radius 2 is 2.14 bits per heavy atom. The third-order valence-corrected chi connectivity index (χ3v) is 1.83. The highest BCUT2D eigenvalue weighted by molar-refractivity contribution is 9.09. The highest BCUT2D eigenvalue weighted by Crippen LogP contribution is 2.22. The maximum Gasteiger partial charge on any atom is 0.342 e. The summed E-state index contributed by atoms with van der Waals surface area (Å²) >= 11 is 3.09. The van der Waals surface area contributed by atoms with Crippen LogP contribution in [0.25, 0.3) is 0 Å². The zero-order valence-corrected chi connectivity index (χ0v) is 8.82. The van der Waals surface area contributed by atoms with Crippen molar-refractivity contribution in [1.29, 1.82) is 0 Å². The molecule has 0 aliphatic rings. The lowest BCUT2D eigenvalue weighted by Crippen LogP contribution is -2.07. The molecule has 4 nitrogen and oxygen atoms in total. The molecule has 0 aromatic heterocycles. The van der Waals surface area contributed by atoms with Crippen molar-refractivity contribution in [2.45, 2.75) is 0 Å². The van der Waals surface area contributed by atoms with Gasteiger partial charge in [0, 0.05) is 5.33 Å². The Labute approximate surface area is 89.3 Å². The predicted molar refractivity (Wildman–Crippen MR) is 53.8 cm³/mol. The Bertz CT molecular complexity index is 338. The third kappa shape index (κ3) is 2.63. The van der Waals surface area contributed by atoms with Gasteiger partial charge in [-0.2, -0.15) is 0 Å². The topological polar surface area (TPSA) is 66.8 Å². The molecule has 0 radical (unpaired) electrons. The number of phenols is 2. The first kappa shape index (κ1) is 10.8. The van der Waals surface area contributed by atoms with Crippen molar-refractivity contribution >= 4 is 21.9 Å². The van der Waals surface area contributed by atoms with Crippen LogP contribution < -0.4 is 0 Å². The van der Waals surface area contributed by atoms with Gasteiger partial charge in [0.05, 0.1) is 0 Å². The molecule has 76 valence electrons. The van der Waals surface area contributed by atoms with Gasteiger partial charge in [0.15, 0.2) is 0 Å². The molecule has 0 heterocycles. The predicted octanol–water partition coefficient (Wildman–Crippen LogP) is 1.65. The van der Waals surface area contributed by atoms with Crippen molar-refractivity contribution in [2.24, 2.45) is 0 Å². The van der Waals surface area contributed by atoms with Crippen LogP contribution >= 0.6 is 15.9 Å². The van der Waals surface area contributed by atoms with Gasteiger partial charge in [-0.15, -0.1) is 0 Å². The van der Waals surface area contributed by atoms with E-state index in [0.717, 1.165) is 6.07 Å². The number of benzene rings is 1. The van der Waals surface area contributed by atoms with Crippen LogP contribution in [0.1, 0.15) is 10.4 Å². The number of hydrogen-bond donors (Lipinski definition) is 2. The maximum absolute atomic E-state index is 11.3. The van der Waals surface area contributed by atoms with Crippen molar-refractivity contribution < 1.29 is 19.7 Å². The lowest BCUT2D eigenvalue weighted by atomic mass is 10.2. The molecule has 14 heavy (non-hydrogen) atoms. The van der Waals surface area contributed by atoms with Gasteiger partial charge < -0.3 is 14.9 Å². The number of aromatic hydroxyl groups is 2. The molecule has 0 aliphatic carbocycles. The van der Waals surface area contributed by atoms with E-state index in [0.29, 0.717) is 5.33 Å². The SMILES string of the molecule is O=C(OCCBr)c1cc(O)ccc1O. The van der Waals surface area contributed by atoms with E-state index >= 15 is 0 Å². The number of carbonyl (C=O) groups is 1. The second kappa shape index (κ2) is 4.85. The number of carbonyl (C=O) groups excluding carboxylic acids is 1. The summed E-state index contributed by atoms with van der Waals surface area (Å²) in [5.74, 6) is -0.950. The molecular formula is C9H9BrO4. The molecule has 1 aromatic rings. The zero-order valence-electron chi connectivity index (χ0n) is 7.24. The van der Waals surface area contributed by atoms with Gasteiger partial charge in [0.2, 0.25) is 0 Å². The normalized spacial score (nSPS) is 9.79. The summed E-state index contributed by atoms with van der Waals surface area (Å²) in [6.45, 7) is 0.216. The third-order valence-electron chi connectivity index (χ3n) is 1.51. The summed E-state index contributed by atoms with van der Waals surface area (Å²) in [5.41, 5.74) is -0.0362. The molecule has 0 aliphatic heterocycles. The molecule has 0 unspecified atom stereocenters. The first-order chi connectivity index (χ1) is 6.65. The Morgan fingerprint density at radius 1 is 1.43 bits per heavy atom. The lowest BCUT2D eigenvalue weighted by Gasteiger charge is -2.04. The summed E-state index contributed by atoms with van der Waals surface area (Å²) in [5, 5.41) is 18.9. The smallest absolute Gasteiger partial charge is 0.342 e. The summed E-state index contributed by atoms with van der Waals surface area (Å²) in [6, 6.07) is 3.68. The van der Waals surface area contributed by atoms with E-state index in [1.807, 2.05) is 0 Å². The van der Waals surface area contributed by atoms with Crippen molar-refractivity contribution in [1.82, 2.24) is 0 Å². The van der Waals surface area contributed by atoms with E-state index < -0.39 is 5.97 Å². The number of phenolic OH excluding ortho intramolecular Hbond substituents is 2. The number of alkyl halides is 1. The van der Waals surface area contributed by atoms with E-state index in [2.05, 4.69) is 15.9 Å². The molecular weight excluding hydrogens is 252 g/mol. The van der Waals surface area contributed by atoms with E-state index in [1.165, 1.54) is 12.1 Å². The first-order valence-corrected chi connectivity index (χ1v) is 5.02. The van der Waals surface area contributed by atoms with E-state index in [-0.39, 0.29) is 23.7 Å². The monoisotopic (exact) mass is 260 g/mol. The molecule has 2 N–H and O–H groups in total. The van der Waals surface area contributed by atoms with Crippen LogP contribution in [-0.4, -0.2) is 28.1 Å². The van der Waals surface area contributed by atoms with Crippen LogP contribution in [0.2, 0.25) is 0 Å². The minimum Gasteiger partial charge on any atom is -0.508 e. The Morgan fingerprint density at radius 3 is 2.79 bits per heavy atom. The Kier molecular flexibility index (Phi) is 3.76. The molecule has 0 bridgehead atoms. The highest BCUT2D eigenvalue weighted by atomic mass is 79.9. The van der Waals surface area contributed by atoms with Crippen LogP contribution in [0, 0.1) is 0 Å². The fourth-order valence-electron chi connectivity index (χ4n) is 0.897. The second-order valence-electron chi connectivity index (χ2n) is 2.53. The number of ether oxygens (including phenoxy) is 1. The number of rotatable bonds is 3. The molecule has 1 rings (SSSR count). The molecule has 5 heteroatoms. The van der Waals surface area contributed by atoms with Crippen LogP contribution in [0.4, 0.5) is 0 Å². The number of esters is 1. The van der Waals surface area contributed by atoms with Crippen LogP contribution in [0.15, 0.2) is 18.2 Å². The molecule has 0 saturated heterocycles. The number of hydrogen-bond acceptors (Lipinski definition) is 4. The molecule has 0 atom stereocenters. The molecule has 0 amide bonds. The second-order valence-corrected chi connectivity index (χ2v) is 3.32. The van der Waals surface area contributed by atoms with Gasteiger partial charge in [-0.3, -0.25) is 0 Å². The van der Waals surface area contributed by atoms with Gasteiger partial charge in [0.1, 0.15) is 23.7 Å². The van der Waals surface area contributed by atoms with Gasteiger partial charge >= 0.3 is 5.97 Å². The average Bonchev–Trinajstić information content (AvgIpc) is 2.18. The van der Waals surface area contributed by atoms with E-state index in [9.17, 15) is 9.90 Å². The van der Waals surface area contributed by atoms with Crippen molar-refractivity contribution in [3.05, 3.63) is 23.8 Å². The van der Waals surface area contributed by atoms with Gasteiger partial charge in [-0.1, -0.05) is 15.9 Å². The standard InChI is InChI=1S/C9H9BrO4/c10-3-4-14-9(13)7-5-6(11)1-2-8(7)12/h1-2,5,11-12H,3-4H2. The van der Waals surface area contributed by atoms with Gasteiger partial charge in [-0.05, 0) is 18.2 Å². The van der Waals surface area contributed by atoms with Crippen molar-refractivity contribution in [3.63, 3.8) is 0 Å². The maximum atomic E-state index is 11.3. The lowest BCUT2D eigenvalue weighted by molar-refractivity contribution is 0.0527. The molecule has 1 aromatic carbocycles. The zero-order chi connectivity index (χ0) is 10.6. The van der Waals surface area contributed by atoms with Crippen LogP contribution in [-0.2, 0) is 4.74 Å². The van der Waals surface area contributed by atoms with Gasteiger partial charge in [-0.25, -0.2) is 4.79 Å². The van der Waals surface area contributed by atoms with E-state index in [1.54, 1.807) is 0 Å². The fourth-order valence-corrected chi connectivity index (χ4v) is 1.06. The molecule has 0 saturated carbocycles. The minimum absolute atomic E-state index is 0.0362. The quantitative estimate of drug-likeness (QED) is 0.493. The summed E-state index contributed by atoms with van der Waals surface area (Å²) in [4.78, 5) is 11.3. The summed E-state index contributed by atoms with van der Waals surface area (Å²) < 4.78 is 4.76. The largest absolute Gasteiger partial charge is 0.508 e. The molecule has 0 spiro atoms. The average molecular weight is 261 g/mol. The molecule has 0 fully saturated rings. The first-order valence-electron chi connectivity index (χ1n) is 3.90. The highest BCUT2D eigenvalue weighted by Gasteiger charge is 2.12. The number of halogens is 1. The van der Waals surface area contributed by atoms with Crippen LogP contribution in [0.5, 0.6) is 11.5 Å².